The van der Waals surface area contributed by atoms with Crippen LogP contribution in [0.4, 0.5) is 0 Å². The normalized spacial score (nSPS) is 13.8. The van der Waals surface area contributed by atoms with E-state index in [0.29, 0.717) is 31.0 Å². The topological polar surface area (TPSA) is 57.6 Å². The van der Waals surface area contributed by atoms with E-state index >= 15 is 0 Å². The van der Waals surface area contributed by atoms with E-state index in [1.54, 1.807) is 30.3 Å². The van der Waals surface area contributed by atoms with Crippen LogP contribution < -0.4 is 0 Å². The number of aryl methyl sites for hydroxylation is 1. The standard InChI is InChI=1S/C16H19NO3/c1-2-11-17(13-8-9-13)15(18)10-7-12-5-3-4-6-14(12)16(19)20/h2-6,13H,1,7-11H2,(H,19,20). The first-order chi connectivity index (χ1) is 9.63. The Morgan fingerprint density at radius 3 is 2.65 bits per heavy atom. The molecule has 1 aromatic rings. The van der Waals surface area contributed by atoms with Crippen molar-refractivity contribution in [1.29, 1.82) is 0 Å². The third-order valence-corrected chi connectivity index (χ3v) is 3.49. The summed E-state index contributed by atoms with van der Waals surface area (Å²) < 4.78 is 0. The van der Waals surface area contributed by atoms with Crippen LogP contribution in [0.5, 0.6) is 0 Å². The molecule has 0 bridgehead atoms. The van der Waals surface area contributed by atoms with E-state index in [0.717, 1.165) is 12.8 Å². The lowest BCUT2D eigenvalue weighted by Gasteiger charge is -2.20. The second-order valence-electron chi connectivity index (χ2n) is 5.03. The van der Waals surface area contributed by atoms with Gasteiger partial charge in [-0.15, -0.1) is 6.58 Å². The Balaban J connectivity index is 1.99. The Hall–Kier alpha value is -2.10. The van der Waals surface area contributed by atoms with Gasteiger partial charge in [-0.25, -0.2) is 4.79 Å². The molecule has 0 radical (unpaired) electrons. The summed E-state index contributed by atoms with van der Waals surface area (Å²) in [5.41, 5.74) is 0.990. The van der Waals surface area contributed by atoms with Crippen molar-refractivity contribution in [3.8, 4) is 0 Å². The monoisotopic (exact) mass is 273 g/mol. The minimum absolute atomic E-state index is 0.0765. The Morgan fingerprint density at radius 2 is 2.05 bits per heavy atom. The molecule has 20 heavy (non-hydrogen) atoms. The molecule has 106 valence electrons. The van der Waals surface area contributed by atoms with Crippen molar-refractivity contribution < 1.29 is 14.7 Å². The van der Waals surface area contributed by atoms with Crippen LogP contribution in [0.15, 0.2) is 36.9 Å². The molecule has 4 nitrogen and oxygen atoms in total. The van der Waals surface area contributed by atoms with Gasteiger partial charge in [0.2, 0.25) is 5.91 Å². The summed E-state index contributed by atoms with van der Waals surface area (Å²) in [6, 6.07) is 7.20. The fraction of sp³-hybridized carbons (Fsp3) is 0.375. The molecule has 1 aliphatic carbocycles. The van der Waals surface area contributed by atoms with E-state index in [9.17, 15) is 9.59 Å². The van der Waals surface area contributed by atoms with Crippen LogP contribution in [0.25, 0.3) is 0 Å². The van der Waals surface area contributed by atoms with Gasteiger partial charge >= 0.3 is 5.97 Å². The van der Waals surface area contributed by atoms with Crippen molar-refractivity contribution in [1.82, 2.24) is 4.90 Å². The molecule has 1 aliphatic rings. The fourth-order valence-corrected chi connectivity index (χ4v) is 2.31. The summed E-state index contributed by atoms with van der Waals surface area (Å²) in [6.07, 6.45) is 4.66. The summed E-state index contributed by atoms with van der Waals surface area (Å²) >= 11 is 0. The molecular formula is C16H19NO3. The Bertz CT molecular complexity index is 520. The number of hydrogen-bond acceptors (Lipinski definition) is 2. The number of hydrogen-bond donors (Lipinski definition) is 1. The first kappa shape index (κ1) is 14.3. The third kappa shape index (κ3) is 3.47. The lowest BCUT2D eigenvalue weighted by atomic mass is 10.0. The molecule has 0 aromatic heterocycles. The number of nitrogens with zero attached hydrogens (tertiary/aromatic N) is 1. The van der Waals surface area contributed by atoms with E-state index in [1.165, 1.54) is 0 Å². The smallest absolute Gasteiger partial charge is 0.335 e. The number of amides is 1. The molecule has 0 heterocycles. The summed E-state index contributed by atoms with van der Waals surface area (Å²) in [5.74, 6) is -0.870. The molecule has 0 unspecified atom stereocenters. The number of benzene rings is 1. The van der Waals surface area contributed by atoms with Gasteiger partial charge in [0.05, 0.1) is 5.56 Å². The van der Waals surface area contributed by atoms with Crippen molar-refractivity contribution in [2.75, 3.05) is 6.54 Å². The predicted molar refractivity (Wildman–Crippen MR) is 76.7 cm³/mol. The van der Waals surface area contributed by atoms with Crippen LogP contribution in [-0.4, -0.2) is 34.5 Å². The van der Waals surface area contributed by atoms with Crippen LogP contribution in [0, 0.1) is 0 Å². The zero-order valence-corrected chi connectivity index (χ0v) is 11.4. The molecule has 1 saturated carbocycles. The molecule has 1 N–H and O–H groups in total. The fourth-order valence-electron chi connectivity index (χ4n) is 2.31. The van der Waals surface area contributed by atoms with E-state index in [-0.39, 0.29) is 11.5 Å². The first-order valence-electron chi connectivity index (χ1n) is 6.85. The zero-order chi connectivity index (χ0) is 14.5. The highest BCUT2D eigenvalue weighted by Gasteiger charge is 2.31. The van der Waals surface area contributed by atoms with Crippen LogP contribution in [0.1, 0.15) is 35.2 Å². The molecule has 0 spiro atoms. The van der Waals surface area contributed by atoms with Gasteiger partial charge in [-0.1, -0.05) is 24.3 Å². The van der Waals surface area contributed by atoms with Gasteiger partial charge in [0.1, 0.15) is 0 Å². The minimum atomic E-state index is -0.946. The maximum absolute atomic E-state index is 12.2. The molecule has 0 saturated heterocycles. The van der Waals surface area contributed by atoms with Crippen LogP contribution in [0.2, 0.25) is 0 Å². The van der Waals surface area contributed by atoms with Gasteiger partial charge in [-0.2, -0.15) is 0 Å². The Labute approximate surface area is 118 Å². The van der Waals surface area contributed by atoms with E-state index in [4.69, 9.17) is 5.11 Å². The molecule has 1 fully saturated rings. The van der Waals surface area contributed by atoms with Crippen LogP contribution in [0.3, 0.4) is 0 Å². The first-order valence-corrected chi connectivity index (χ1v) is 6.85. The highest BCUT2D eigenvalue weighted by Crippen LogP contribution is 2.27. The quantitative estimate of drug-likeness (QED) is 0.776. The number of aromatic carboxylic acids is 1. The van der Waals surface area contributed by atoms with Crippen molar-refractivity contribution in [2.24, 2.45) is 0 Å². The molecular weight excluding hydrogens is 254 g/mol. The lowest BCUT2D eigenvalue weighted by Crippen LogP contribution is -2.33. The average Bonchev–Trinajstić information content (AvgIpc) is 3.26. The largest absolute Gasteiger partial charge is 0.478 e. The zero-order valence-electron chi connectivity index (χ0n) is 11.4. The maximum Gasteiger partial charge on any atom is 0.335 e. The number of carbonyl (C=O) groups is 2. The summed E-state index contributed by atoms with van der Waals surface area (Å²) in [4.78, 5) is 25.2. The predicted octanol–water partition coefficient (Wildman–Crippen LogP) is 2.49. The Morgan fingerprint density at radius 1 is 1.35 bits per heavy atom. The number of rotatable bonds is 7. The maximum atomic E-state index is 12.2. The molecule has 1 amide bonds. The minimum Gasteiger partial charge on any atom is -0.478 e. The Kier molecular flexibility index (Phi) is 4.56. The molecule has 4 heteroatoms. The van der Waals surface area contributed by atoms with Gasteiger partial charge in [0, 0.05) is 19.0 Å². The average molecular weight is 273 g/mol. The van der Waals surface area contributed by atoms with Gasteiger partial charge < -0.3 is 10.0 Å². The highest BCUT2D eigenvalue weighted by molar-refractivity contribution is 5.89. The van der Waals surface area contributed by atoms with E-state index < -0.39 is 5.97 Å². The van der Waals surface area contributed by atoms with Crippen molar-refractivity contribution in [3.05, 3.63) is 48.0 Å². The number of carboxylic acids is 1. The van der Waals surface area contributed by atoms with Gasteiger partial charge in [0.25, 0.3) is 0 Å². The molecule has 0 atom stereocenters. The van der Waals surface area contributed by atoms with Gasteiger partial charge in [0.15, 0.2) is 0 Å². The van der Waals surface area contributed by atoms with E-state index in [2.05, 4.69) is 6.58 Å². The van der Waals surface area contributed by atoms with Crippen molar-refractivity contribution in [2.45, 2.75) is 31.7 Å². The van der Waals surface area contributed by atoms with Crippen LogP contribution >= 0.6 is 0 Å². The number of carboxylic acid groups (broad SMARTS) is 1. The van der Waals surface area contributed by atoms with Crippen molar-refractivity contribution >= 4 is 11.9 Å². The lowest BCUT2D eigenvalue weighted by molar-refractivity contribution is -0.131. The number of carbonyl (C=O) groups excluding carboxylic acids is 1. The van der Waals surface area contributed by atoms with Gasteiger partial charge in [-0.05, 0) is 30.9 Å². The SMILES string of the molecule is C=CCN(C(=O)CCc1ccccc1C(=O)O)C1CC1. The van der Waals surface area contributed by atoms with Gasteiger partial charge in [-0.3, -0.25) is 4.79 Å². The molecule has 0 aliphatic heterocycles. The summed E-state index contributed by atoms with van der Waals surface area (Å²) in [6.45, 7) is 4.25. The van der Waals surface area contributed by atoms with Crippen molar-refractivity contribution in [3.63, 3.8) is 0 Å². The molecule has 1 aromatic carbocycles. The second-order valence-corrected chi connectivity index (χ2v) is 5.03. The van der Waals surface area contributed by atoms with Crippen LogP contribution in [-0.2, 0) is 11.2 Å². The summed E-state index contributed by atoms with van der Waals surface area (Å²) in [5, 5.41) is 9.11. The highest BCUT2D eigenvalue weighted by atomic mass is 16.4. The van der Waals surface area contributed by atoms with E-state index in [1.807, 2.05) is 4.90 Å². The second kappa shape index (κ2) is 6.37. The molecule has 2 rings (SSSR count). The summed E-state index contributed by atoms with van der Waals surface area (Å²) in [7, 11) is 0. The third-order valence-electron chi connectivity index (χ3n) is 3.49.